The SMILES string of the molecule is CC#CCOc1ccc2nn(CC[C@](C)(C(=O)NO)S(C)(=O)=O)cc2c1.C[C@@](CCn1cc2cc(-c3ccc(OCCN4CCOCC4)cc3F)ccc2n1)(C(=O)NO)S(C)(=O)=O. The predicted molar refractivity (Wildman–Crippen MR) is 232 cm³/mol. The van der Waals surface area contributed by atoms with Crippen molar-refractivity contribution in [1.29, 1.82) is 0 Å². The van der Waals surface area contributed by atoms with Gasteiger partial charge >= 0.3 is 0 Å². The van der Waals surface area contributed by atoms with E-state index in [1.165, 1.54) is 35.6 Å². The van der Waals surface area contributed by atoms with E-state index in [0.717, 1.165) is 42.9 Å². The molecule has 1 aliphatic heterocycles. The van der Waals surface area contributed by atoms with Crippen LogP contribution < -0.4 is 20.4 Å². The van der Waals surface area contributed by atoms with Crippen LogP contribution in [0.2, 0.25) is 0 Å². The molecule has 2 aromatic heterocycles. The number of benzene rings is 3. The van der Waals surface area contributed by atoms with E-state index < -0.39 is 46.8 Å². The first-order chi connectivity index (χ1) is 29.8. The second-order valence-electron chi connectivity index (χ2n) is 15.3. The number of sulfone groups is 2. The van der Waals surface area contributed by atoms with Crippen LogP contribution in [0.25, 0.3) is 32.9 Å². The number of ether oxygens (including phenoxy) is 3. The Morgan fingerprint density at radius 1 is 0.794 bits per heavy atom. The fraction of sp³-hybridized carbons (Fsp3) is 0.429. The van der Waals surface area contributed by atoms with Gasteiger partial charge in [-0.2, -0.15) is 10.2 Å². The van der Waals surface area contributed by atoms with Gasteiger partial charge in [0.05, 0.1) is 24.2 Å². The quantitative estimate of drug-likeness (QED) is 0.0595. The van der Waals surface area contributed by atoms with Crippen molar-refractivity contribution < 1.29 is 55.4 Å². The summed E-state index contributed by atoms with van der Waals surface area (Å²) in [5.74, 6) is 4.29. The molecule has 0 spiro atoms. The monoisotopic (exact) mass is 913 g/mol. The molecule has 1 saturated heterocycles. The number of amides is 2. The summed E-state index contributed by atoms with van der Waals surface area (Å²) in [6.07, 6.45) is 5.22. The summed E-state index contributed by atoms with van der Waals surface area (Å²) in [6, 6.07) is 15.5. The first-order valence-corrected chi connectivity index (χ1v) is 23.6. The van der Waals surface area contributed by atoms with Crippen molar-refractivity contribution in [3.63, 3.8) is 0 Å². The molecule has 21 heteroatoms. The van der Waals surface area contributed by atoms with Crippen LogP contribution in [-0.4, -0.2) is 132 Å². The molecule has 0 saturated carbocycles. The van der Waals surface area contributed by atoms with Gasteiger partial charge in [-0.1, -0.05) is 12.0 Å². The van der Waals surface area contributed by atoms with Gasteiger partial charge in [0.25, 0.3) is 11.8 Å². The lowest BCUT2D eigenvalue weighted by Gasteiger charge is -2.26. The first-order valence-electron chi connectivity index (χ1n) is 19.8. The van der Waals surface area contributed by atoms with Gasteiger partial charge in [0.2, 0.25) is 0 Å². The van der Waals surface area contributed by atoms with Gasteiger partial charge in [-0.05, 0) is 81.6 Å². The Labute approximate surface area is 365 Å². The Morgan fingerprint density at radius 3 is 1.84 bits per heavy atom. The highest BCUT2D eigenvalue weighted by atomic mass is 32.2. The number of carbonyl (C=O) groups is 2. The average Bonchev–Trinajstić information content (AvgIpc) is 3.87. The standard InChI is InChI=1S/C25H31FN4O6S.C17H21N3O5S/c1-25(24(31)28-32,37(2,33)34)7-8-30-17-19-15-18(3-6-23(19)27-30)21-5-4-20(16-22(21)26)36-14-11-29-9-12-35-13-10-29;1-4-5-10-25-14-6-7-15-13(11-14)12-20(18-15)9-8-17(2,16(21)19-22)26(3,23)24/h3-6,15-17,32H,7-14H2,1-2H3,(H,28,31);6-7,11-12,22H,8-10H2,1-3H3,(H,19,21)/t25-;17-/m11/s1. The molecule has 3 heterocycles. The summed E-state index contributed by atoms with van der Waals surface area (Å²) in [5, 5.41) is 28.2. The van der Waals surface area contributed by atoms with Crippen LogP contribution in [0.5, 0.6) is 11.5 Å². The Bertz CT molecular complexity index is 2710. The molecule has 2 atom stereocenters. The maximum Gasteiger partial charge on any atom is 0.264 e. The van der Waals surface area contributed by atoms with Gasteiger partial charge < -0.3 is 14.2 Å². The number of halogens is 1. The molecule has 6 rings (SSSR count). The molecule has 3 aromatic carbocycles. The van der Waals surface area contributed by atoms with Crippen LogP contribution in [-0.2, 0) is 47.1 Å². The highest BCUT2D eigenvalue weighted by molar-refractivity contribution is 7.93. The number of hydrogen-bond donors (Lipinski definition) is 4. The number of aromatic nitrogens is 4. The number of hydroxylamine groups is 2. The van der Waals surface area contributed by atoms with Gasteiger partial charge in [0.1, 0.15) is 30.5 Å². The number of rotatable bonds is 17. The smallest absolute Gasteiger partial charge is 0.264 e. The van der Waals surface area contributed by atoms with Crippen molar-refractivity contribution in [2.45, 2.75) is 56.2 Å². The maximum absolute atomic E-state index is 15.0. The minimum absolute atomic E-state index is 0.0400. The molecule has 0 unspecified atom stereocenters. The molecule has 18 nitrogen and oxygen atoms in total. The molecule has 63 heavy (non-hydrogen) atoms. The van der Waals surface area contributed by atoms with E-state index in [9.17, 15) is 30.8 Å². The van der Waals surface area contributed by atoms with E-state index in [1.807, 2.05) is 6.07 Å². The van der Waals surface area contributed by atoms with Crippen LogP contribution in [0, 0.1) is 17.7 Å². The summed E-state index contributed by atoms with van der Waals surface area (Å²) in [6.45, 7) is 9.23. The predicted octanol–water partition coefficient (Wildman–Crippen LogP) is 3.39. The largest absolute Gasteiger partial charge is 0.492 e. The molecule has 0 aliphatic carbocycles. The third kappa shape index (κ3) is 11.9. The number of nitrogens with zero attached hydrogens (tertiary/aromatic N) is 5. The molecule has 2 amide bonds. The van der Waals surface area contributed by atoms with E-state index in [4.69, 9.17) is 24.6 Å². The second kappa shape index (κ2) is 20.7. The number of hydrogen-bond acceptors (Lipinski definition) is 14. The van der Waals surface area contributed by atoms with Crippen molar-refractivity contribution in [2.75, 3.05) is 58.6 Å². The zero-order chi connectivity index (χ0) is 46.0. The second-order valence-corrected chi connectivity index (χ2v) is 20.2. The summed E-state index contributed by atoms with van der Waals surface area (Å²) in [5.41, 5.74) is 5.30. The molecule has 1 fully saturated rings. The van der Waals surface area contributed by atoms with Crippen LogP contribution >= 0.6 is 0 Å². The Hall–Kier alpha value is -5.63. The number of nitrogens with one attached hydrogen (secondary N) is 2. The fourth-order valence-electron chi connectivity index (χ4n) is 6.57. The molecule has 0 bridgehead atoms. The highest BCUT2D eigenvalue weighted by Gasteiger charge is 2.44. The zero-order valence-corrected chi connectivity index (χ0v) is 37.3. The van der Waals surface area contributed by atoms with Crippen LogP contribution in [0.4, 0.5) is 4.39 Å². The van der Waals surface area contributed by atoms with Crippen molar-refractivity contribution >= 4 is 53.3 Å². The number of aryl methyl sites for hydroxylation is 2. The lowest BCUT2D eigenvalue weighted by Crippen LogP contribution is -2.49. The summed E-state index contributed by atoms with van der Waals surface area (Å²) in [4.78, 5) is 26.1. The molecular formula is C42H52FN7O11S2. The van der Waals surface area contributed by atoms with E-state index in [0.29, 0.717) is 60.1 Å². The topological polar surface area (TPSA) is 234 Å². The van der Waals surface area contributed by atoms with Crippen molar-refractivity contribution in [2.24, 2.45) is 0 Å². The average molecular weight is 914 g/mol. The molecule has 1 aliphatic rings. The van der Waals surface area contributed by atoms with E-state index in [2.05, 4.69) is 26.9 Å². The molecule has 0 radical (unpaired) electrons. The van der Waals surface area contributed by atoms with Crippen LogP contribution in [0.15, 0.2) is 67.0 Å². The lowest BCUT2D eigenvalue weighted by molar-refractivity contribution is -0.132. The Balaban J connectivity index is 0.000000253. The van der Waals surface area contributed by atoms with E-state index in [1.54, 1.807) is 66.5 Å². The molecular weight excluding hydrogens is 862 g/mol. The fourth-order valence-corrected chi connectivity index (χ4v) is 8.26. The third-order valence-electron chi connectivity index (χ3n) is 11.0. The highest BCUT2D eigenvalue weighted by Crippen LogP contribution is 2.30. The molecule has 4 N–H and O–H groups in total. The normalized spacial score (nSPS) is 15.2. The van der Waals surface area contributed by atoms with Crippen molar-refractivity contribution in [3.05, 3.63) is 72.8 Å². The molecule has 340 valence electrons. The summed E-state index contributed by atoms with van der Waals surface area (Å²) in [7, 11) is -7.55. The van der Waals surface area contributed by atoms with Gasteiger partial charge in [-0.3, -0.25) is 34.3 Å². The van der Waals surface area contributed by atoms with Crippen LogP contribution in [0.3, 0.4) is 0 Å². The lowest BCUT2D eigenvalue weighted by atomic mass is 10.0. The zero-order valence-electron chi connectivity index (χ0n) is 35.6. The minimum atomic E-state index is -3.81. The van der Waals surface area contributed by atoms with Crippen molar-refractivity contribution in [1.82, 2.24) is 35.4 Å². The van der Waals surface area contributed by atoms with E-state index in [-0.39, 0.29) is 25.9 Å². The summed E-state index contributed by atoms with van der Waals surface area (Å²) >= 11 is 0. The number of morpholine rings is 1. The Morgan fingerprint density at radius 2 is 1.32 bits per heavy atom. The third-order valence-corrected chi connectivity index (χ3v) is 15.1. The maximum atomic E-state index is 15.0. The van der Waals surface area contributed by atoms with Gasteiger partial charge in [-0.25, -0.2) is 32.2 Å². The number of carbonyl (C=O) groups excluding carboxylic acids is 2. The summed E-state index contributed by atoms with van der Waals surface area (Å²) < 4.78 is 79.4. The van der Waals surface area contributed by atoms with Gasteiger partial charge in [-0.15, -0.1) is 5.92 Å². The Kier molecular flexibility index (Phi) is 15.9. The van der Waals surface area contributed by atoms with Gasteiger partial charge in [0.15, 0.2) is 29.2 Å². The van der Waals surface area contributed by atoms with Gasteiger partial charge in [0, 0.05) is 80.0 Å². The van der Waals surface area contributed by atoms with Crippen LogP contribution in [0.1, 0.15) is 33.6 Å². The first kappa shape index (κ1) is 48.4. The minimum Gasteiger partial charge on any atom is -0.492 e. The number of fused-ring (bicyclic) bond motifs is 2. The van der Waals surface area contributed by atoms with Crippen molar-refractivity contribution in [3.8, 4) is 34.5 Å². The molecule has 5 aromatic rings. The van der Waals surface area contributed by atoms with E-state index >= 15 is 0 Å².